The van der Waals surface area contributed by atoms with Crippen molar-refractivity contribution in [2.75, 3.05) is 11.1 Å². The second-order valence-corrected chi connectivity index (χ2v) is 5.79. The number of benzene rings is 2. The highest BCUT2D eigenvalue weighted by Gasteiger charge is 2.11. The fourth-order valence-corrected chi connectivity index (χ4v) is 2.50. The molecule has 0 aromatic heterocycles. The molecule has 0 heterocycles. The van der Waals surface area contributed by atoms with Gasteiger partial charge < -0.3 is 16.4 Å². The van der Waals surface area contributed by atoms with Gasteiger partial charge in [0.1, 0.15) is 0 Å². The number of halogens is 1. The molecule has 5 nitrogen and oxygen atoms in total. The number of nitrogens with one attached hydrogen (secondary N) is 2. The van der Waals surface area contributed by atoms with Gasteiger partial charge in [-0.05, 0) is 42.7 Å². The molecule has 0 fully saturated rings. The Labute approximate surface area is 154 Å². The van der Waals surface area contributed by atoms with Crippen LogP contribution in [0.4, 0.5) is 11.4 Å². The van der Waals surface area contributed by atoms with Gasteiger partial charge >= 0.3 is 0 Å². The van der Waals surface area contributed by atoms with Gasteiger partial charge in [0.25, 0.3) is 0 Å². The van der Waals surface area contributed by atoms with Crippen LogP contribution in [0.5, 0.6) is 0 Å². The van der Waals surface area contributed by atoms with Gasteiger partial charge in [-0.3, -0.25) is 9.59 Å². The summed E-state index contributed by atoms with van der Waals surface area (Å²) >= 11 is 0. The van der Waals surface area contributed by atoms with Crippen molar-refractivity contribution >= 4 is 35.6 Å². The molecule has 0 saturated carbocycles. The molecule has 0 saturated heterocycles. The first-order valence-corrected chi connectivity index (χ1v) is 7.96. The summed E-state index contributed by atoms with van der Waals surface area (Å²) in [6.45, 7) is 3.38. The van der Waals surface area contributed by atoms with E-state index in [1.165, 1.54) is 6.92 Å². The van der Waals surface area contributed by atoms with Crippen LogP contribution in [0.15, 0.2) is 48.5 Å². The smallest absolute Gasteiger partial charge is 0.221 e. The van der Waals surface area contributed by atoms with Gasteiger partial charge in [-0.2, -0.15) is 0 Å². The van der Waals surface area contributed by atoms with Crippen LogP contribution in [0.25, 0.3) is 0 Å². The number of nitrogen functional groups attached to an aromatic ring is 1. The first-order chi connectivity index (χ1) is 11.5. The zero-order chi connectivity index (χ0) is 17.5. The Morgan fingerprint density at radius 1 is 1.12 bits per heavy atom. The third kappa shape index (κ3) is 6.47. The second kappa shape index (κ2) is 9.69. The number of amides is 2. The summed E-state index contributed by atoms with van der Waals surface area (Å²) < 4.78 is 0. The molecule has 0 aliphatic rings. The van der Waals surface area contributed by atoms with Crippen LogP contribution < -0.4 is 16.4 Å². The molecule has 134 valence electrons. The van der Waals surface area contributed by atoms with E-state index in [0.717, 1.165) is 16.8 Å². The monoisotopic (exact) mass is 361 g/mol. The molecule has 0 spiro atoms. The molecule has 0 aliphatic carbocycles. The topological polar surface area (TPSA) is 84.2 Å². The van der Waals surface area contributed by atoms with Gasteiger partial charge in [-0.1, -0.05) is 30.3 Å². The molecule has 1 unspecified atom stereocenters. The van der Waals surface area contributed by atoms with E-state index in [0.29, 0.717) is 18.5 Å². The highest BCUT2D eigenvalue weighted by molar-refractivity contribution is 5.88. The predicted octanol–water partition coefficient (Wildman–Crippen LogP) is 3.46. The Morgan fingerprint density at radius 3 is 2.52 bits per heavy atom. The summed E-state index contributed by atoms with van der Waals surface area (Å²) in [6, 6.07) is 14.9. The number of rotatable bonds is 6. The maximum Gasteiger partial charge on any atom is 0.221 e. The van der Waals surface area contributed by atoms with Crippen molar-refractivity contribution in [2.24, 2.45) is 0 Å². The molecular weight excluding hydrogens is 338 g/mol. The summed E-state index contributed by atoms with van der Waals surface area (Å²) in [6.07, 6.45) is 0.987. The molecule has 25 heavy (non-hydrogen) atoms. The van der Waals surface area contributed by atoms with Crippen LogP contribution in [0.2, 0.25) is 0 Å². The Balaban J connectivity index is 0.00000312. The maximum absolute atomic E-state index is 12.2. The second-order valence-electron chi connectivity index (χ2n) is 5.79. The third-order valence-electron chi connectivity index (χ3n) is 3.76. The number of carbonyl (C=O) groups excluding carboxylic acids is 2. The van der Waals surface area contributed by atoms with Gasteiger partial charge in [0.15, 0.2) is 0 Å². The Hall–Kier alpha value is -2.53. The lowest BCUT2D eigenvalue weighted by Gasteiger charge is -2.16. The minimum Gasteiger partial charge on any atom is -0.399 e. The molecule has 2 rings (SSSR count). The zero-order valence-electron chi connectivity index (χ0n) is 14.4. The van der Waals surface area contributed by atoms with Crippen molar-refractivity contribution < 1.29 is 9.59 Å². The van der Waals surface area contributed by atoms with E-state index >= 15 is 0 Å². The third-order valence-corrected chi connectivity index (χ3v) is 3.76. The van der Waals surface area contributed by atoms with E-state index in [1.807, 2.05) is 55.5 Å². The van der Waals surface area contributed by atoms with E-state index in [2.05, 4.69) is 10.6 Å². The van der Waals surface area contributed by atoms with Gasteiger partial charge in [0.2, 0.25) is 11.8 Å². The molecule has 0 bridgehead atoms. The van der Waals surface area contributed by atoms with Gasteiger partial charge in [-0.15, -0.1) is 12.4 Å². The van der Waals surface area contributed by atoms with E-state index in [1.54, 1.807) is 0 Å². The van der Waals surface area contributed by atoms with Gasteiger partial charge in [-0.25, -0.2) is 0 Å². The molecule has 2 amide bonds. The van der Waals surface area contributed by atoms with E-state index < -0.39 is 0 Å². The van der Waals surface area contributed by atoms with Crippen molar-refractivity contribution in [1.29, 1.82) is 0 Å². The predicted molar refractivity (Wildman–Crippen MR) is 104 cm³/mol. The Bertz CT molecular complexity index is 734. The average molecular weight is 362 g/mol. The number of aryl methyl sites for hydroxylation is 1. The molecule has 0 aliphatic heterocycles. The number of hydrogen-bond donors (Lipinski definition) is 3. The lowest BCUT2D eigenvalue weighted by Crippen LogP contribution is -2.27. The number of hydrogen-bond acceptors (Lipinski definition) is 3. The SMILES string of the molecule is CC(=O)Nc1cccc(C(C)NC(=O)CCc2ccccc2N)c1.Cl. The minimum atomic E-state index is -0.140. The maximum atomic E-state index is 12.2. The largest absolute Gasteiger partial charge is 0.399 e. The summed E-state index contributed by atoms with van der Waals surface area (Å²) in [5.41, 5.74) is 9.24. The van der Waals surface area contributed by atoms with Crippen LogP contribution in [-0.2, 0) is 16.0 Å². The van der Waals surface area contributed by atoms with E-state index in [4.69, 9.17) is 5.73 Å². The van der Waals surface area contributed by atoms with Crippen LogP contribution in [-0.4, -0.2) is 11.8 Å². The van der Waals surface area contributed by atoms with Gasteiger partial charge in [0.05, 0.1) is 6.04 Å². The molecule has 2 aromatic carbocycles. The van der Waals surface area contributed by atoms with Crippen LogP contribution in [0.1, 0.15) is 37.4 Å². The van der Waals surface area contributed by atoms with Crippen LogP contribution >= 0.6 is 12.4 Å². The highest BCUT2D eigenvalue weighted by atomic mass is 35.5. The van der Waals surface area contributed by atoms with Crippen LogP contribution in [0.3, 0.4) is 0 Å². The zero-order valence-corrected chi connectivity index (χ0v) is 15.2. The van der Waals surface area contributed by atoms with Crippen molar-refractivity contribution in [3.8, 4) is 0 Å². The first kappa shape index (κ1) is 20.5. The fourth-order valence-electron chi connectivity index (χ4n) is 2.50. The summed E-state index contributed by atoms with van der Waals surface area (Å²) in [5, 5.41) is 5.71. The average Bonchev–Trinajstić information content (AvgIpc) is 2.53. The van der Waals surface area contributed by atoms with Crippen molar-refractivity contribution in [3.63, 3.8) is 0 Å². The number of carbonyl (C=O) groups is 2. The molecule has 0 radical (unpaired) electrons. The minimum absolute atomic E-state index is 0. The van der Waals surface area contributed by atoms with E-state index in [-0.39, 0.29) is 30.3 Å². The van der Waals surface area contributed by atoms with Crippen LogP contribution in [0, 0.1) is 0 Å². The standard InChI is InChI=1S/C19H23N3O2.ClH/c1-13(16-7-5-8-17(12-16)22-14(2)23)21-19(24)11-10-15-6-3-4-9-18(15)20;/h3-9,12-13H,10-11,20H2,1-2H3,(H,21,24)(H,22,23);1H. The molecule has 1 atom stereocenters. The van der Waals surface area contributed by atoms with Gasteiger partial charge in [0, 0.05) is 24.7 Å². The highest BCUT2D eigenvalue weighted by Crippen LogP contribution is 2.18. The Morgan fingerprint density at radius 2 is 1.84 bits per heavy atom. The van der Waals surface area contributed by atoms with Crippen molar-refractivity contribution in [2.45, 2.75) is 32.7 Å². The van der Waals surface area contributed by atoms with E-state index in [9.17, 15) is 9.59 Å². The lowest BCUT2D eigenvalue weighted by atomic mass is 10.1. The quantitative estimate of drug-likeness (QED) is 0.689. The number of anilines is 2. The summed E-state index contributed by atoms with van der Waals surface area (Å²) in [4.78, 5) is 23.3. The van der Waals surface area contributed by atoms with Crippen molar-refractivity contribution in [3.05, 3.63) is 59.7 Å². The normalized spacial score (nSPS) is 11.1. The fraction of sp³-hybridized carbons (Fsp3) is 0.263. The molecule has 6 heteroatoms. The Kier molecular flexibility index (Phi) is 7.95. The first-order valence-electron chi connectivity index (χ1n) is 7.96. The molecule has 2 aromatic rings. The number of para-hydroxylation sites is 1. The summed E-state index contributed by atoms with van der Waals surface area (Å²) in [5.74, 6) is -0.153. The lowest BCUT2D eigenvalue weighted by molar-refractivity contribution is -0.121. The van der Waals surface area contributed by atoms with Crippen molar-refractivity contribution in [1.82, 2.24) is 5.32 Å². The molecule has 4 N–H and O–H groups in total. The molecular formula is C19H24ClN3O2. The summed E-state index contributed by atoms with van der Waals surface area (Å²) in [7, 11) is 0. The number of nitrogens with two attached hydrogens (primary N) is 1.